The number of aromatic amines is 1. The molecule has 0 saturated heterocycles. The van der Waals surface area contributed by atoms with Crippen LogP contribution in [0.4, 0.5) is 0 Å². The van der Waals surface area contributed by atoms with E-state index >= 15 is 0 Å². The SMILES string of the molecule is CCOOCc1cc2c([nH]1)C(=O)CO2. The zero-order valence-corrected chi connectivity index (χ0v) is 7.83. The number of ketones is 1. The standard InChI is InChI=1S/C9H11NO4/c1-2-13-14-4-6-3-8-9(10-6)7(11)5-12-8/h3,10H,2,4-5H2,1H3. The van der Waals surface area contributed by atoms with Gasteiger partial charge < -0.3 is 9.72 Å². The van der Waals surface area contributed by atoms with Gasteiger partial charge in [-0.3, -0.25) is 4.79 Å². The van der Waals surface area contributed by atoms with Crippen LogP contribution in [0.5, 0.6) is 5.75 Å². The van der Waals surface area contributed by atoms with Crippen molar-refractivity contribution in [3.05, 3.63) is 17.5 Å². The maximum atomic E-state index is 11.2. The van der Waals surface area contributed by atoms with E-state index in [1.54, 1.807) is 6.07 Å². The van der Waals surface area contributed by atoms with Crippen molar-refractivity contribution in [3.8, 4) is 5.75 Å². The second-order valence-corrected chi connectivity index (χ2v) is 2.91. The van der Waals surface area contributed by atoms with E-state index in [1.807, 2.05) is 6.92 Å². The van der Waals surface area contributed by atoms with E-state index in [-0.39, 0.29) is 19.0 Å². The molecule has 0 radical (unpaired) electrons. The van der Waals surface area contributed by atoms with Crippen LogP contribution < -0.4 is 4.74 Å². The van der Waals surface area contributed by atoms with Crippen molar-refractivity contribution in [2.45, 2.75) is 13.5 Å². The highest BCUT2D eigenvalue weighted by molar-refractivity contribution is 6.00. The number of H-pyrrole nitrogens is 1. The van der Waals surface area contributed by atoms with E-state index in [0.717, 1.165) is 5.69 Å². The molecule has 1 aliphatic rings. The first kappa shape index (κ1) is 9.23. The number of Topliss-reactive ketones (excluding diaryl/α,β-unsaturated/α-hetero) is 1. The van der Waals surface area contributed by atoms with E-state index in [9.17, 15) is 4.79 Å². The van der Waals surface area contributed by atoms with Gasteiger partial charge in [0.1, 0.15) is 18.1 Å². The van der Waals surface area contributed by atoms with E-state index in [4.69, 9.17) is 14.5 Å². The van der Waals surface area contributed by atoms with Gasteiger partial charge in [0.2, 0.25) is 5.78 Å². The highest BCUT2D eigenvalue weighted by Crippen LogP contribution is 2.25. The summed E-state index contributed by atoms with van der Waals surface area (Å²) in [5.74, 6) is 0.577. The molecule has 0 unspecified atom stereocenters. The van der Waals surface area contributed by atoms with E-state index in [1.165, 1.54) is 0 Å². The number of fused-ring (bicyclic) bond motifs is 1. The van der Waals surface area contributed by atoms with Crippen molar-refractivity contribution in [1.29, 1.82) is 0 Å². The van der Waals surface area contributed by atoms with Gasteiger partial charge in [-0.1, -0.05) is 0 Å². The minimum Gasteiger partial charge on any atom is -0.483 e. The Morgan fingerprint density at radius 1 is 1.57 bits per heavy atom. The summed E-state index contributed by atoms with van der Waals surface area (Å²) in [4.78, 5) is 23.7. The van der Waals surface area contributed by atoms with Gasteiger partial charge in [-0.25, -0.2) is 9.78 Å². The van der Waals surface area contributed by atoms with Crippen molar-refractivity contribution in [3.63, 3.8) is 0 Å². The molecule has 0 spiro atoms. The van der Waals surface area contributed by atoms with Gasteiger partial charge in [0.15, 0.2) is 6.61 Å². The average molecular weight is 197 g/mol. The fraction of sp³-hybridized carbons (Fsp3) is 0.444. The van der Waals surface area contributed by atoms with Crippen LogP contribution in [0.15, 0.2) is 6.07 Å². The van der Waals surface area contributed by atoms with Crippen LogP contribution in [0.1, 0.15) is 23.1 Å². The third-order valence-corrected chi connectivity index (χ3v) is 1.89. The number of hydrogen-bond acceptors (Lipinski definition) is 4. The summed E-state index contributed by atoms with van der Waals surface area (Å²) in [5, 5.41) is 0. The fourth-order valence-electron chi connectivity index (χ4n) is 1.29. The second kappa shape index (κ2) is 3.81. The van der Waals surface area contributed by atoms with Gasteiger partial charge in [0.05, 0.1) is 6.61 Å². The Kier molecular flexibility index (Phi) is 2.51. The molecule has 0 bridgehead atoms. The molecule has 2 heterocycles. The Bertz CT molecular complexity index is 345. The predicted molar refractivity (Wildman–Crippen MR) is 47.0 cm³/mol. The molecule has 1 N–H and O–H groups in total. The summed E-state index contributed by atoms with van der Waals surface area (Å²) in [5.41, 5.74) is 1.30. The summed E-state index contributed by atoms with van der Waals surface area (Å²) in [6, 6.07) is 1.75. The molecule has 0 fully saturated rings. The van der Waals surface area contributed by atoms with Crippen molar-refractivity contribution >= 4 is 5.78 Å². The molecule has 0 atom stereocenters. The zero-order chi connectivity index (χ0) is 9.97. The molecule has 2 rings (SSSR count). The molecule has 0 aliphatic carbocycles. The first-order valence-electron chi connectivity index (χ1n) is 4.43. The topological polar surface area (TPSA) is 60.5 Å². The second-order valence-electron chi connectivity index (χ2n) is 2.91. The first-order chi connectivity index (χ1) is 6.81. The lowest BCUT2D eigenvalue weighted by Gasteiger charge is -1.99. The Morgan fingerprint density at radius 3 is 3.14 bits per heavy atom. The molecular weight excluding hydrogens is 186 g/mol. The summed E-state index contributed by atoms with van der Waals surface area (Å²) < 4.78 is 5.12. The molecule has 1 aromatic heterocycles. The molecular formula is C9H11NO4. The summed E-state index contributed by atoms with van der Waals surface area (Å²) in [7, 11) is 0. The number of carbonyl (C=O) groups excluding carboxylic acids is 1. The van der Waals surface area contributed by atoms with Crippen LogP contribution in [0.2, 0.25) is 0 Å². The average Bonchev–Trinajstić information content (AvgIpc) is 2.70. The number of aromatic nitrogens is 1. The molecule has 5 heteroatoms. The molecule has 0 amide bonds. The van der Waals surface area contributed by atoms with Gasteiger partial charge in [-0.2, -0.15) is 0 Å². The minimum atomic E-state index is -0.0253. The molecule has 5 nitrogen and oxygen atoms in total. The first-order valence-corrected chi connectivity index (χ1v) is 4.43. The Morgan fingerprint density at radius 2 is 2.43 bits per heavy atom. The Labute approximate surface area is 80.9 Å². The highest BCUT2D eigenvalue weighted by Gasteiger charge is 2.23. The largest absolute Gasteiger partial charge is 0.483 e. The van der Waals surface area contributed by atoms with Crippen LogP contribution in [0.3, 0.4) is 0 Å². The molecule has 76 valence electrons. The Balaban J connectivity index is 2.00. The zero-order valence-electron chi connectivity index (χ0n) is 7.83. The number of rotatable bonds is 4. The van der Waals surface area contributed by atoms with Gasteiger partial charge in [-0.05, 0) is 6.92 Å². The number of carbonyl (C=O) groups is 1. The smallest absolute Gasteiger partial charge is 0.220 e. The van der Waals surface area contributed by atoms with Crippen LogP contribution in [0.25, 0.3) is 0 Å². The molecule has 1 aliphatic heterocycles. The number of hydrogen-bond donors (Lipinski definition) is 1. The van der Waals surface area contributed by atoms with Gasteiger partial charge >= 0.3 is 0 Å². The van der Waals surface area contributed by atoms with Crippen molar-refractivity contribution in [1.82, 2.24) is 4.98 Å². The number of nitrogens with one attached hydrogen (secondary N) is 1. The molecule has 14 heavy (non-hydrogen) atoms. The molecule has 0 saturated carbocycles. The maximum Gasteiger partial charge on any atom is 0.220 e. The van der Waals surface area contributed by atoms with E-state index < -0.39 is 0 Å². The van der Waals surface area contributed by atoms with E-state index in [0.29, 0.717) is 18.1 Å². The van der Waals surface area contributed by atoms with Gasteiger partial charge in [-0.15, -0.1) is 0 Å². The highest BCUT2D eigenvalue weighted by atomic mass is 17.2. The third kappa shape index (κ3) is 1.64. The third-order valence-electron chi connectivity index (χ3n) is 1.89. The summed E-state index contributed by atoms with van der Waals surface area (Å²) in [6.45, 7) is 2.75. The van der Waals surface area contributed by atoms with Crippen LogP contribution >= 0.6 is 0 Å². The lowest BCUT2D eigenvalue weighted by molar-refractivity contribution is -0.301. The maximum absolute atomic E-state index is 11.2. The minimum absolute atomic E-state index is 0.0253. The van der Waals surface area contributed by atoms with Crippen LogP contribution in [0, 0.1) is 0 Å². The number of ether oxygens (including phenoxy) is 1. The van der Waals surface area contributed by atoms with Gasteiger partial charge in [0, 0.05) is 11.8 Å². The molecule has 1 aromatic rings. The summed E-state index contributed by atoms with van der Waals surface area (Å²) >= 11 is 0. The van der Waals surface area contributed by atoms with Crippen LogP contribution in [-0.4, -0.2) is 24.0 Å². The van der Waals surface area contributed by atoms with Gasteiger partial charge in [0.25, 0.3) is 0 Å². The normalized spacial score (nSPS) is 14.2. The lowest BCUT2D eigenvalue weighted by Crippen LogP contribution is -2.03. The van der Waals surface area contributed by atoms with Crippen LogP contribution in [-0.2, 0) is 16.4 Å². The van der Waals surface area contributed by atoms with Crippen molar-refractivity contribution < 1.29 is 19.3 Å². The monoisotopic (exact) mass is 197 g/mol. The van der Waals surface area contributed by atoms with E-state index in [2.05, 4.69) is 4.98 Å². The lowest BCUT2D eigenvalue weighted by atomic mass is 10.3. The fourth-order valence-corrected chi connectivity index (χ4v) is 1.29. The summed E-state index contributed by atoms with van der Waals surface area (Å²) in [6.07, 6.45) is 0. The Hall–Kier alpha value is -1.33. The quantitative estimate of drug-likeness (QED) is 0.445. The molecule has 0 aromatic carbocycles. The van der Waals surface area contributed by atoms with Crippen molar-refractivity contribution in [2.75, 3.05) is 13.2 Å². The predicted octanol–water partition coefficient (Wildman–Crippen LogP) is 1.06. The van der Waals surface area contributed by atoms with Crippen molar-refractivity contribution in [2.24, 2.45) is 0 Å².